The van der Waals surface area contributed by atoms with E-state index in [9.17, 15) is 22.4 Å². The Morgan fingerprint density at radius 2 is 1.63 bits per heavy atom. The maximum atomic E-state index is 14.9. The van der Waals surface area contributed by atoms with Crippen LogP contribution < -0.4 is 19.1 Å². The van der Waals surface area contributed by atoms with Crippen molar-refractivity contribution in [3.8, 4) is 11.5 Å². The van der Waals surface area contributed by atoms with Crippen LogP contribution in [0.2, 0.25) is 0 Å². The van der Waals surface area contributed by atoms with Crippen LogP contribution in [0.1, 0.15) is 56.1 Å². The monoisotopic (exact) mass is 651 g/mol. The van der Waals surface area contributed by atoms with Crippen LogP contribution in [0, 0.1) is 5.82 Å². The fourth-order valence-electron chi connectivity index (χ4n) is 6.10. The number of sulfonamides is 1. The maximum absolute atomic E-state index is 14.9. The van der Waals surface area contributed by atoms with Gasteiger partial charge < -0.3 is 19.7 Å². The largest absolute Gasteiger partial charge is 0.486 e. The number of fused-ring (bicyclic) bond motifs is 1. The summed E-state index contributed by atoms with van der Waals surface area (Å²) in [5.41, 5.74) is 1.57. The summed E-state index contributed by atoms with van der Waals surface area (Å²) in [5.74, 6) is -0.1000. The number of halogens is 1. The van der Waals surface area contributed by atoms with Gasteiger partial charge in [0, 0.05) is 43.6 Å². The predicted molar refractivity (Wildman–Crippen MR) is 175 cm³/mol. The van der Waals surface area contributed by atoms with Gasteiger partial charge in [-0.25, -0.2) is 12.8 Å². The summed E-state index contributed by atoms with van der Waals surface area (Å²) < 4.78 is 53.1. The van der Waals surface area contributed by atoms with Crippen molar-refractivity contribution in [2.75, 3.05) is 30.3 Å². The summed E-state index contributed by atoms with van der Waals surface area (Å²) in [6, 6.07) is 19.8. The SMILES string of the molecule is CS(=O)(=O)N(CCCC(=O)N(Cc1ccccc1F)C(Cc1ccccc1)C(=O)NC1CCCCC1)c1ccc2c(c1)OCCO2. The number of carbonyl (C=O) groups is 2. The summed E-state index contributed by atoms with van der Waals surface area (Å²) in [6.45, 7) is 0.701. The molecule has 3 aromatic carbocycles. The molecule has 0 bridgehead atoms. The number of hydrogen-bond acceptors (Lipinski definition) is 6. The summed E-state index contributed by atoms with van der Waals surface area (Å²) in [5, 5.41) is 3.18. The Bertz CT molecular complexity index is 1600. The van der Waals surface area contributed by atoms with Crippen molar-refractivity contribution in [1.29, 1.82) is 0 Å². The minimum absolute atomic E-state index is 0.0232. The van der Waals surface area contributed by atoms with Crippen molar-refractivity contribution in [2.24, 2.45) is 0 Å². The molecule has 1 atom stereocenters. The lowest BCUT2D eigenvalue weighted by molar-refractivity contribution is -0.141. The second-order valence-electron chi connectivity index (χ2n) is 11.9. The van der Waals surface area contributed by atoms with Crippen LogP contribution >= 0.6 is 0 Å². The molecule has 1 fully saturated rings. The second kappa shape index (κ2) is 15.4. The van der Waals surface area contributed by atoms with Gasteiger partial charge in [-0.15, -0.1) is 0 Å². The lowest BCUT2D eigenvalue weighted by Gasteiger charge is -2.34. The number of rotatable bonds is 13. The lowest BCUT2D eigenvalue weighted by atomic mass is 9.94. The van der Waals surface area contributed by atoms with E-state index in [1.807, 2.05) is 30.3 Å². The molecule has 46 heavy (non-hydrogen) atoms. The van der Waals surface area contributed by atoms with Crippen molar-refractivity contribution >= 4 is 27.5 Å². The zero-order chi connectivity index (χ0) is 32.5. The van der Waals surface area contributed by atoms with Crippen molar-refractivity contribution in [2.45, 2.75) is 70.0 Å². The zero-order valence-corrected chi connectivity index (χ0v) is 27.0. The number of amides is 2. The van der Waals surface area contributed by atoms with Gasteiger partial charge in [0.1, 0.15) is 25.1 Å². The molecule has 0 spiro atoms. The molecule has 0 radical (unpaired) electrons. The molecular weight excluding hydrogens is 609 g/mol. The third kappa shape index (κ3) is 8.78. The Kier molecular flexibility index (Phi) is 11.2. The molecule has 1 aliphatic heterocycles. The number of hydrogen-bond donors (Lipinski definition) is 1. The first-order valence-corrected chi connectivity index (χ1v) is 17.8. The van der Waals surface area contributed by atoms with E-state index in [0.29, 0.717) is 36.0 Å². The predicted octanol–water partition coefficient (Wildman–Crippen LogP) is 5.23. The Hall–Kier alpha value is -4.12. The molecule has 0 saturated heterocycles. The van der Waals surface area contributed by atoms with E-state index in [0.717, 1.165) is 43.9 Å². The van der Waals surface area contributed by atoms with Crippen LogP contribution in [0.15, 0.2) is 72.8 Å². The topological polar surface area (TPSA) is 105 Å². The number of nitrogens with zero attached hydrogens (tertiary/aromatic N) is 2. The first-order chi connectivity index (χ1) is 22.2. The average Bonchev–Trinajstić information content (AvgIpc) is 3.05. The van der Waals surface area contributed by atoms with Gasteiger partial charge in [0.05, 0.1) is 11.9 Å². The van der Waals surface area contributed by atoms with Crippen molar-refractivity contribution in [1.82, 2.24) is 10.2 Å². The maximum Gasteiger partial charge on any atom is 0.243 e. The third-order valence-corrected chi connectivity index (χ3v) is 9.68. The minimum Gasteiger partial charge on any atom is -0.486 e. The fourth-order valence-corrected chi connectivity index (χ4v) is 7.06. The first kappa shape index (κ1) is 33.2. The fraction of sp³-hybridized carbons (Fsp3) is 0.429. The Morgan fingerprint density at radius 1 is 0.935 bits per heavy atom. The van der Waals surface area contributed by atoms with E-state index in [4.69, 9.17) is 9.47 Å². The normalized spacial score (nSPS) is 15.5. The lowest BCUT2D eigenvalue weighted by Crippen LogP contribution is -2.53. The molecule has 0 aromatic heterocycles. The number of nitrogens with one attached hydrogen (secondary N) is 1. The molecule has 1 heterocycles. The first-order valence-electron chi connectivity index (χ1n) is 15.9. The quantitative estimate of drug-likeness (QED) is 0.272. The third-order valence-electron chi connectivity index (χ3n) is 8.49. The molecule has 3 aromatic rings. The highest BCUT2D eigenvalue weighted by molar-refractivity contribution is 7.92. The van der Waals surface area contributed by atoms with Crippen LogP contribution in [-0.2, 0) is 32.6 Å². The van der Waals surface area contributed by atoms with Gasteiger partial charge in [-0.1, -0.05) is 67.8 Å². The summed E-state index contributed by atoms with van der Waals surface area (Å²) in [4.78, 5) is 29.5. The van der Waals surface area contributed by atoms with Crippen LogP contribution in [0.25, 0.3) is 0 Å². The van der Waals surface area contributed by atoms with E-state index in [-0.39, 0.29) is 50.2 Å². The van der Waals surface area contributed by atoms with Crippen LogP contribution in [0.5, 0.6) is 11.5 Å². The molecular formula is C35H42FN3O6S. The van der Waals surface area contributed by atoms with Gasteiger partial charge in [-0.3, -0.25) is 13.9 Å². The van der Waals surface area contributed by atoms with Gasteiger partial charge >= 0.3 is 0 Å². The van der Waals surface area contributed by atoms with Gasteiger partial charge in [-0.2, -0.15) is 0 Å². The zero-order valence-electron chi connectivity index (χ0n) is 26.2. The highest BCUT2D eigenvalue weighted by Gasteiger charge is 2.32. The van der Waals surface area contributed by atoms with E-state index in [2.05, 4.69) is 5.32 Å². The number of benzene rings is 3. The summed E-state index contributed by atoms with van der Waals surface area (Å²) in [7, 11) is -3.71. The highest BCUT2D eigenvalue weighted by atomic mass is 32.2. The molecule has 246 valence electrons. The highest BCUT2D eigenvalue weighted by Crippen LogP contribution is 2.35. The van der Waals surface area contributed by atoms with Gasteiger partial charge in [0.25, 0.3) is 0 Å². The van der Waals surface area contributed by atoms with E-state index >= 15 is 0 Å². The molecule has 9 nitrogen and oxygen atoms in total. The van der Waals surface area contributed by atoms with Gasteiger partial charge in [0.2, 0.25) is 21.8 Å². The van der Waals surface area contributed by atoms with E-state index < -0.39 is 21.9 Å². The number of carbonyl (C=O) groups excluding carboxylic acids is 2. The molecule has 5 rings (SSSR count). The Balaban J connectivity index is 1.38. The second-order valence-corrected chi connectivity index (χ2v) is 13.8. The Morgan fingerprint density at radius 3 is 2.35 bits per heavy atom. The Labute approximate surface area is 270 Å². The molecule has 1 N–H and O–H groups in total. The number of ether oxygens (including phenoxy) is 2. The molecule has 2 amide bonds. The van der Waals surface area contributed by atoms with Crippen molar-refractivity contribution in [3.05, 3.63) is 89.7 Å². The van der Waals surface area contributed by atoms with Gasteiger partial charge in [-0.05, 0) is 43.0 Å². The summed E-state index contributed by atoms with van der Waals surface area (Å²) >= 11 is 0. The van der Waals surface area contributed by atoms with Gasteiger partial charge in [0.15, 0.2) is 11.5 Å². The van der Waals surface area contributed by atoms with Crippen LogP contribution in [0.3, 0.4) is 0 Å². The van der Waals surface area contributed by atoms with Crippen molar-refractivity contribution < 1.29 is 31.9 Å². The molecule has 1 saturated carbocycles. The smallest absolute Gasteiger partial charge is 0.243 e. The van der Waals surface area contributed by atoms with Crippen molar-refractivity contribution in [3.63, 3.8) is 0 Å². The van der Waals surface area contributed by atoms with Crippen LogP contribution in [0.4, 0.5) is 10.1 Å². The van der Waals surface area contributed by atoms with Crippen LogP contribution in [-0.4, -0.2) is 63.2 Å². The minimum atomic E-state index is -3.71. The molecule has 2 aliphatic rings. The van der Waals surface area contributed by atoms with E-state index in [1.54, 1.807) is 36.4 Å². The number of anilines is 1. The average molecular weight is 652 g/mol. The van der Waals surface area contributed by atoms with E-state index in [1.165, 1.54) is 15.3 Å². The summed E-state index contributed by atoms with van der Waals surface area (Å²) in [6.07, 6.45) is 6.46. The molecule has 1 unspecified atom stereocenters. The molecule has 11 heteroatoms. The standard InChI is InChI=1S/C35H42FN3O6S/c1-46(42,43)39(29-18-19-32-33(24-29)45-22-21-44-32)20-10-17-34(40)38(25-27-13-8-9-16-30(27)36)31(23-26-11-4-2-5-12-26)35(41)37-28-14-6-3-7-15-28/h2,4-5,8-9,11-13,16,18-19,24,28,31H,3,6-7,10,14-15,17,20-23,25H2,1H3,(H,37,41). The molecule has 1 aliphatic carbocycles.